The molecular formula is C18H21Cl2N3O3S. The van der Waals surface area contributed by atoms with E-state index in [4.69, 9.17) is 23.2 Å². The number of sulfonamides is 1. The summed E-state index contributed by atoms with van der Waals surface area (Å²) in [5.41, 5.74) is 0.931. The highest BCUT2D eigenvalue weighted by Gasteiger charge is 2.31. The third-order valence-electron chi connectivity index (χ3n) is 4.58. The fourth-order valence-corrected chi connectivity index (χ4v) is 5.06. The molecule has 1 fully saturated rings. The molecule has 0 unspecified atom stereocenters. The van der Waals surface area contributed by atoms with E-state index >= 15 is 0 Å². The lowest BCUT2D eigenvalue weighted by molar-refractivity contribution is 0.0786. The average molecular weight is 430 g/mol. The maximum Gasteiger partial charge on any atom is 0.246 e. The van der Waals surface area contributed by atoms with Crippen molar-refractivity contribution < 1.29 is 13.5 Å². The Morgan fingerprint density at radius 1 is 1.00 bits per heavy atom. The van der Waals surface area contributed by atoms with Gasteiger partial charge in [-0.15, -0.1) is 0 Å². The summed E-state index contributed by atoms with van der Waals surface area (Å²) in [4.78, 5) is 5.90. The van der Waals surface area contributed by atoms with Crippen molar-refractivity contribution in [3.8, 4) is 0 Å². The maximum absolute atomic E-state index is 12.8. The molecule has 1 aromatic heterocycles. The van der Waals surface area contributed by atoms with E-state index in [1.807, 2.05) is 24.3 Å². The number of hydrogen-bond donors (Lipinski definition) is 1. The first-order valence-electron chi connectivity index (χ1n) is 8.49. The quantitative estimate of drug-likeness (QED) is 0.755. The molecule has 0 bridgehead atoms. The van der Waals surface area contributed by atoms with E-state index in [2.05, 4.69) is 9.88 Å². The Morgan fingerprint density at radius 2 is 1.59 bits per heavy atom. The Balaban J connectivity index is 1.71. The van der Waals surface area contributed by atoms with E-state index in [9.17, 15) is 13.5 Å². The number of aromatic nitrogens is 1. The predicted octanol–water partition coefficient (Wildman–Crippen LogP) is 3.13. The van der Waals surface area contributed by atoms with Crippen molar-refractivity contribution in [1.82, 2.24) is 9.29 Å². The van der Waals surface area contributed by atoms with E-state index in [-0.39, 0.29) is 15.2 Å². The highest BCUT2D eigenvalue weighted by molar-refractivity contribution is 7.89. The molecule has 0 aliphatic carbocycles. The van der Waals surface area contributed by atoms with E-state index in [0.717, 1.165) is 11.3 Å². The topological polar surface area (TPSA) is 73.7 Å². The third kappa shape index (κ3) is 4.38. The van der Waals surface area contributed by atoms with Gasteiger partial charge < -0.3 is 10.0 Å². The van der Waals surface area contributed by atoms with E-state index in [0.29, 0.717) is 26.2 Å². The van der Waals surface area contributed by atoms with Gasteiger partial charge in [0.05, 0.1) is 5.60 Å². The number of pyridine rings is 1. The predicted molar refractivity (Wildman–Crippen MR) is 107 cm³/mol. The maximum atomic E-state index is 12.8. The molecule has 0 saturated carbocycles. The number of hydrogen-bond acceptors (Lipinski definition) is 5. The van der Waals surface area contributed by atoms with Crippen LogP contribution in [0.25, 0.3) is 0 Å². The molecule has 1 aromatic carbocycles. The highest BCUT2D eigenvalue weighted by atomic mass is 35.5. The van der Waals surface area contributed by atoms with Crippen LogP contribution in [0.2, 0.25) is 10.3 Å². The number of benzene rings is 1. The number of aliphatic hydroxyl groups is 1. The first kappa shape index (κ1) is 20.4. The van der Waals surface area contributed by atoms with Crippen molar-refractivity contribution in [3.63, 3.8) is 0 Å². The van der Waals surface area contributed by atoms with Gasteiger partial charge in [0.25, 0.3) is 0 Å². The molecule has 9 heteroatoms. The van der Waals surface area contributed by atoms with Crippen molar-refractivity contribution in [1.29, 1.82) is 0 Å². The van der Waals surface area contributed by atoms with Gasteiger partial charge in [-0.05, 0) is 43.7 Å². The van der Waals surface area contributed by atoms with Gasteiger partial charge in [-0.1, -0.05) is 35.3 Å². The van der Waals surface area contributed by atoms with Crippen LogP contribution in [0.5, 0.6) is 0 Å². The Hall–Kier alpha value is -1.38. The number of piperazine rings is 1. The normalized spacial score (nSPS) is 16.6. The lowest BCUT2D eigenvalue weighted by atomic mass is 9.98. The Labute approximate surface area is 169 Å². The minimum Gasteiger partial charge on any atom is -0.386 e. The standard InChI is InChI=1S/C18H21Cl2N3O3S/c1-18(2,24)13-3-5-14(6-4-13)22-9-11-23(12-10-22)27(25,26)15-7-8-16(19)21-17(15)20/h3-8,24H,9-12H2,1-2H3. The zero-order valence-electron chi connectivity index (χ0n) is 15.1. The summed E-state index contributed by atoms with van der Waals surface area (Å²) < 4.78 is 27.1. The Morgan fingerprint density at radius 3 is 2.11 bits per heavy atom. The fourth-order valence-electron chi connectivity index (χ4n) is 3.00. The molecule has 2 aromatic rings. The van der Waals surface area contributed by atoms with Gasteiger partial charge in [0, 0.05) is 31.9 Å². The second-order valence-corrected chi connectivity index (χ2v) is 9.57. The van der Waals surface area contributed by atoms with E-state index in [1.165, 1.54) is 16.4 Å². The van der Waals surface area contributed by atoms with Gasteiger partial charge in [-0.3, -0.25) is 0 Å². The van der Waals surface area contributed by atoms with Gasteiger partial charge >= 0.3 is 0 Å². The van der Waals surface area contributed by atoms with Crippen LogP contribution < -0.4 is 4.90 Å². The molecule has 0 amide bonds. The van der Waals surface area contributed by atoms with Gasteiger partial charge in [-0.25, -0.2) is 13.4 Å². The lowest BCUT2D eigenvalue weighted by Gasteiger charge is -2.35. The van der Waals surface area contributed by atoms with Crippen LogP contribution in [-0.2, 0) is 15.6 Å². The van der Waals surface area contributed by atoms with Crippen molar-refractivity contribution >= 4 is 38.9 Å². The molecule has 1 aliphatic heterocycles. The number of rotatable bonds is 4. The molecule has 0 atom stereocenters. The van der Waals surface area contributed by atoms with Crippen molar-refractivity contribution in [3.05, 3.63) is 52.3 Å². The minimum atomic E-state index is -3.72. The summed E-state index contributed by atoms with van der Waals surface area (Å²) in [5.74, 6) is 0. The van der Waals surface area contributed by atoms with Crippen LogP contribution in [0.15, 0.2) is 41.3 Å². The molecule has 6 nitrogen and oxygen atoms in total. The summed E-state index contributed by atoms with van der Waals surface area (Å²) in [6.07, 6.45) is 0. The van der Waals surface area contributed by atoms with Gasteiger partial charge in [0.15, 0.2) is 5.15 Å². The van der Waals surface area contributed by atoms with Crippen LogP contribution >= 0.6 is 23.2 Å². The summed E-state index contributed by atoms with van der Waals surface area (Å²) in [6.45, 7) is 5.27. The molecule has 27 heavy (non-hydrogen) atoms. The highest BCUT2D eigenvalue weighted by Crippen LogP contribution is 2.27. The van der Waals surface area contributed by atoms with Gasteiger partial charge in [0.2, 0.25) is 10.0 Å². The molecule has 1 aliphatic rings. The lowest BCUT2D eigenvalue weighted by Crippen LogP contribution is -2.48. The Bertz CT molecular complexity index is 920. The molecular weight excluding hydrogens is 409 g/mol. The smallest absolute Gasteiger partial charge is 0.246 e. The molecule has 0 radical (unpaired) electrons. The zero-order valence-corrected chi connectivity index (χ0v) is 17.4. The van der Waals surface area contributed by atoms with E-state index < -0.39 is 15.6 Å². The van der Waals surface area contributed by atoms with E-state index in [1.54, 1.807) is 13.8 Å². The molecule has 3 rings (SSSR count). The van der Waals surface area contributed by atoms with Crippen molar-refractivity contribution in [2.75, 3.05) is 31.1 Å². The molecule has 1 saturated heterocycles. The van der Waals surface area contributed by atoms with Gasteiger partial charge in [0.1, 0.15) is 10.0 Å². The van der Waals surface area contributed by atoms with Crippen molar-refractivity contribution in [2.24, 2.45) is 0 Å². The summed E-state index contributed by atoms with van der Waals surface area (Å²) in [6, 6.07) is 10.5. The second-order valence-electron chi connectivity index (χ2n) is 6.92. The van der Waals surface area contributed by atoms with Crippen LogP contribution in [0.1, 0.15) is 19.4 Å². The first-order chi connectivity index (χ1) is 12.6. The van der Waals surface area contributed by atoms with Crippen LogP contribution in [0.4, 0.5) is 5.69 Å². The number of halogens is 2. The van der Waals surface area contributed by atoms with Gasteiger partial charge in [-0.2, -0.15) is 4.31 Å². The third-order valence-corrected chi connectivity index (χ3v) is 7.12. The van der Waals surface area contributed by atoms with Crippen LogP contribution in [0.3, 0.4) is 0 Å². The molecule has 2 heterocycles. The summed E-state index contributed by atoms with van der Waals surface area (Å²) in [7, 11) is -3.72. The average Bonchev–Trinajstić information content (AvgIpc) is 2.61. The Kier molecular flexibility index (Phi) is 5.70. The summed E-state index contributed by atoms with van der Waals surface area (Å²) in [5, 5.41) is 10.1. The van der Waals surface area contributed by atoms with Crippen LogP contribution in [0, 0.1) is 0 Å². The second kappa shape index (κ2) is 7.56. The van der Waals surface area contributed by atoms with Crippen LogP contribution in [-0.4, -0.2) is 49.0 Å². The monoisotopic (exact) mass is 429 g/mol. The summed E-state index contributed by atoms with van der Waals surface area (Å²) >= 11 is 11.7. The molecule has 1 N–H and O–H groups in total. The minimum absolute atomic E-state index is 0.0310. The molecule has 146 valence electrons. The number of nitrogens with zero attached hydrogens (tertiary/aromatic N) is 3. The SMILES string of the molecule is CC(C)(O)c1ccc(N2CCN(S(=O)(=O)c3ccc(Cl)nc3Cl)CC2)cc1. The zero-order chi connectivity index (χ0) is 19.8. The number of anilines is 1. The van der Waals surface area contributed by atoms with Crippen molar-refractivity contribution in [2.45, 2.75) is 24.3 Å². The largest absolute Gasteiger partial charge is 0.386 e. The first-order valence-corrected chi connectivity index (χ1v) is 10.7. The molecule has 0 spiro atoms. The fraction of sp³-hybridized carbons (Fsp3) is 0.389.